The molecule has 1 atom stereocenters. The van der Waals surface area contributed by atoms with Crippen molar-refractivity contribution in [1.82, 2.24) is 5.32 Å². The average Bonchev–Trinajstić information content (AvgIpc) is 3.54. The highest BCUT2D eigenvalue weighted by Gasteiger charge is 2.24. The highest BCUT2D eigenvalue weighted by Crippen LogP contribution is 2.42. The summed E-state index contributed by atoms with van der Waals surface area (Å²) in [6.07, 6.45) is -0.303. The van der Waals surface area contributed by atoms with Crippen molar-refractivity contribution >= 4 is 49.2 Å². The molecule has 10 rings (SSSR count). The summed E-state index contributed by atoms with van der Waals surface area (Å²) in [7, 11) is 0. The zero-order valence-corrected chi connectivity index (χ0v) is 26.6. The van der Waals surface area contributed by atoms with Crippen LogP contribution in [0.15, 0.2) is 179 Å². The van der Waals surface area contributed by atoms with Crippen molar-refractivity contribution in [3.63, 3.8) is 0 Å². The van der Waals surface area contributed by atoms with E-state index < -0.39 is 0 Å². The lowest BCUT2D eigenvalue weighted by Gasteiger charge is -2.24. The van der Waals surface area contributed by atoms with Crippen LogP contribution in [0, 0.1) is 0 Å². The molecule has 0 fully saturated rings. The molecule has 1 N–H and O–H groups in total. The van der Waals surface area contributed by atoms with E-state index in [-0.39, 0.29) is 6.17 Å². The van der Waals surface area contributed by atoms with Gasteiger partial charge in [0.2, 0.25) is 0 Å². The summed E-state index contributed by atoms with van der Waals surface area (Å²) in [5.74, 6) is 0. The molecule has 0 saturated carbocycles. The first-order chi connectivity index (χ1) is 24.3. The molecule has 1 aromatic heterocycles. The Balaban J connectivity index is 1.17. The van der Waals surface area contributed by atoms with E-state index in [1.54, 1.807) is 0 Å². The van der Waals surface area contributed by atoms with E-state index in [0.717, 1.165) is 65.9 Å². The van der Waals surface area contributed by atoms with Gasteiger partial charge in [-0.1, -0.05) is 152 Å². The number of benzene rings is 8. The van der Waals surface area contributed by atoms with E-state index in [9.17, 15) is 0 Å². The van der Waals surface area contributed by atoms with Crippen molar-refractivity contribution in [2.45, 2.75) is 6.17 Å². The van der Waals surface area contributed by atoms with Crippen LogP contribution in [0.5, 0.6) is 0 Å². The SMILES string of the molecule is c1ccc(C2=c3ccccc3=NC(c3ccc(-c4ccc(-c5cccc6ccccc56)cc4)c4oc5cc6ccccc6cc5c34)N2)cc1. The van der Waals surface area contributed by atoms with Gasteiger partial charge in [-0.15, -0.1) is 0 Å². The van der Waals surface area contributed by atoms with Crippen LogP contribution in [0.1, 0.15) is 17.3 Å². The van der Waals surface area contributed by atoms with Gasteiger partial charge in [-0.2, -0.15) is 0 Å². The van der Waals surface area contributed by atoms with Gasteiger partial charge in [0.25, 0.3) is 0 Å². The maximum atomic E-state index is 6.85. The Bertz CT molecular complexity index is 2840. The molecule has 3 nitrogen and oxygen atoms in total. The quantitative estimate of drug-likeness (QED) is 0.211. The first-order valence-corrected chi connectivity index (χ1v) is 16.7. The third kappa shape index (κ3) is 4.55. The summed E-state index contributed by atoms with van der Waals surface area (Å²) < 4.78 is 6.85. The smallest absolute Gasteiger partial charge is 0.146 e. The molecule has 230 valence electrons. The average molecular weight is 627 g/mol. The van der Waals surface area contributed by atoms with Crippen LogP contribution in [0.4, 0.5) is 0 Å². The predicted molar refractivity (Wildman–Crippen MR) is 202 cm³/mol. The lowest BCUT2D eigenvalue weighted by Crippen LogP contribution is -2.39. The van der Waals surface area contributed by atoms with Gasteiger partial charge in [0.1, 0.15) is 17.3 Å². The third-order valence-corrected chi connectivity index (χ3v) is 9.90. The second-order valence-electron chi connectivity index (χ2n) is 12.7. The van der Waals surface area contributed by atoms with Gasteiger partial charge < -0.3 is 9.73 Å². The zero-order valence-electron chi connectivity index (χ0n) is 26.6. The van der Waals surface area contributed by atoms with Gasteiger partial charge in [-0.3, -0.25) is 4.99 Å². The van der Waals surface area contributed by atoms with E-state index in [1.807, 2.05) is 0 Å². The monoisotopic (exact) mass is 626 g/mol. The summed E-state index contributed by atoms with van der Waals surface area (Å²) >= 11 is 0. The van der Waals surface area contributed by atoms with E-state index in [1.165, 1.54) is 27.3 Å². The van der Waals surface area contributed by atoms with Crippen molar-refractivity contribution in [3.05, 3.63) is 192 Å². The summed E-state index contributed by atoms with van der Waals surface area (Å²) in [6, 6.07) is 60.2. The number of fused-ring (bicyclic) bond motifs is 6. The van der Waals surface area contributed by atoms with Crippen molar-refractivity contribution in [1.29, 1.82) is 0 Å². The third-order valence-electron chi connectivity index (χ3n) is 9.90. The Kier molecular flexibility index (Phi) is 6.25. The molecule has 0 aliphatic carbocycles. The fourth-order valence-corrected chi connectivity index (χ4v) is 7.53. The first kappa shape index (κ1) is 27.6. The van der Waals surface area contributed by atoms with Crippen molar-refractivity contribution in [2.75, 3.05) is 0 Å². The zero-order chi connectivity index (χ0) is 32.3. The molecular formula is C46H30N2O. The van der Waals surface area contributed by atoms with Crippen LogP contribution in [0.25, 0.3) is 71.4 Å². The number of hydrogen-bond acceptors (Lipinski definition) is 3. The van der Waals surface area contributed by atoms with Crippen LogP contribution in [-0.2, 0) is 0 Å². The molecule has 2 heterocycles. The number of hydrogen-bond donors (Lipinski definition) is 1. The molecule has 0 amide bonds. The number of rotatable bonds is 4. The second-order valence-corrected chi connectivity index (χ2v) is 12.7. The van der Waals surface area contributed by atoms with Gasteiger partial charge >= 0.3 is 0 Å². The highest BCUT2D eigenvalue weighted by molar-refractivity contribution is 6.15. The van der Waals surface area contributed by atoms with Crippen LogP contribution >= 0.6 is 0 Å². The minimum absolute atomic E-state index is 0.303. The van der Waals surface area contributed by atoms with Crippen molar-refractivity contribution < 1.29 is 4.42 Å². The molecule has 49 heavy (non-hydrogen) atoms. The van der Waals surface area contributed by atoms with Gasteiger partial charge in [-0.05, 0) is 62.0 Å². The van der Waals surface area contributed by atoms with Crippen LogP contribution in [0.3, 0.4) is 0 Å². The Morgan fingerprint density at radius 1 is 0.490 bits per heavy atom. The Morgan fingerprint density at radius 2 is 1.16 bits per heavy atom. The molecule has 1 unspecified atom stereocenters. The number of nitrogens with zero attached hydrogens (tertiary/aromatic N) is 1. The van der Waals surface area contributed by atoms with Crippen molar-refractivity contribution in [2.24, 2.45) is 4.99 Å². The normalized spacial score (nSPS) is 14.2. The van der Waals surface area contributed by atoms with E-state index in [2.05, 4.69) is 175 Å². The van der Waals surface area contributed by atoms with Crippen molar-refractivity contribution in [3.8, 4) is 22.3 Å². The van der Waals surface area contributed by atoms with Gasteiger partial charge in [0.05, 0.1) is 11.1 Å². The maximum Gasteiger partial charge on any atom is 0.146 e. The molecule has 8 aromatic carbocycles. The van der Waals surface area contributed by atoms with Crippen LogP contribution in [-0.4, -0.2) is 0 Å². The van der Waals surface area contributed by atoms with E-state index in [4.69, 9.17) is 9.41 Å². The molecule has 0 radical (unpaired) electrons. The standard InChI is InChI=1S/C46H30N2O/c1-2-12-32(13-3-1)44-38-18-8-9-20-41(38)47-46(48-44)39-26-25-37(45-43(39)40-27-33-14-4-5-15-34(33)28-42(40)49-45)31-23-21-30(22-24-31)36-19-10-16-29-11-6-7-17-35(29)36/h1-28,46,48H. The molecule has 1 aliphatic rings. The lowest BCUT2D eigenvalue weighted by atomic mass is 9.93. The minimum atomic E-state index is -0.303. The minimum Gasteiger partial charge on any atom is -0.455 e. The Labute approximate surface area is 283 Å². The Hall–Kier alpha value is -6.45. The topological polar surface area (TPSA) is 37.5 Å². The highest BCUT2D eigenvalue weighted by atomic mass is 16.3. The predicted octanol–water partition coefficient (Wildman–Crippen LogP) is 10.3. The molecule has 3 heteroatoms. The van der Waals surface area contributed by atoms with Crippen LogP contribution < -0.4 is 15.9 Å². The summed E-state index contributed by atoms with van der Waals surface area (Å²) in [5.41, 5.74) is 9.65. The van der Waals surface area contributed by atoms with Crippen LogP contribution in [0.2, 0.25) is 0 Å². The second kappa shape index (κ2) is 11.1. The van der Waals surface area contributed by atoms with E-state index in [0.29, 0.717) is 0 Å². The maximum absolute atomic E-state index is 6.85. The number of para-hydroxylation sites is 1. The molecule has 9 aromatic rings. The fourth-order valence-electron chi connectivity index (χ4n) is 7.53. The summed E-state index contributed by atoms with van der Waals surface area (Å²) in [4.78, 5) is 5.29. The molecule has 0 spiro atoms. The fraction of sp³-hybridized carbons (Fsp3) is 0.0217. The summed E-state index contributed by atoms with van der Waals surface area (Å²) in [6.45, 7) is 0. The largest absolute Gasteiger partial charge is 0.455 e. The lowest BCUT2D eigenvalue weighted by molar-refractivity contribution is 0.636. The summed E-state index contributed by atoms with van der Waals surface area (Å²) in [5, 5.41) is 12.9. The molecule has 0 bridgehead atoms. The molecule has 1 aliphatic heterocycles. The Morgan fingerprint density at radius 3 is 2.00 bits per heavy atom. The van der Waals surface area contributed by atoms with Gasteiger partial charge in [0.15, 0.2) is 0 Å². The van der Waals surface area contributed by atoms with E-state index >= 15 is 0 Å². The number of furan rings is 1. The van der Waals surface area contributed by atoms with Gasteiger partial charge in [0, 0.05) is 27.1 Å². The van der Waals surface area contributed by atoms with Gasteiger partial charge in [-0.25, -0.2) is 0 Å². The first-order valence-electron chi connectivity index (χ1n) is 16.7. The molecule has 0 saturated heterocycles. The number of nitrogens with one attached hydrogen (secondary N) is 1. The molecular weight excluding hydrogens is 597 g/mol.